The number of aromatic nitrogens is 2. The quantitative estimate of drug-likeness (QED) is 0.766. The molecular formula is C9H9BrN2O. The summed E-state index contributed by atoms with van der Waals surface area (Å²) in [6, 6.07) is 5.95. The molecule has 2 aromatic rings. The van der Waals surface area contributed by atoms with E-state index in [1.54, 1.807) is 11.8 Å². The van der Waals surface area contributed by atoms with Crippen molar-refractivity contribution in [3.05, 3.63) is 22.7 Å². The molecule has 0 radical (unpaired) electrons. The molecule has 0 spiro atoms. The second kappa shape index (κ2) is 3.03. The molecule has 1 aromatic carbocycles. The number of hydrogen-bond acceptors (Lipinski definition) is 2. The molecular weight excluding hydrogens is 232 g/mol. The average molecular weight is 241 g/mol. The van der Waals surface area contributed by atoms with Crippen LogP contribution in [-0.2, 0) is 7.05 Å². The Bertz CT molecular complexity index is 450. The van der Waals surface area contributed by atoms with Crippen molar-refractivity contribution in [3.8, 4) is 5.88 Å². The minimum Gasteiger partial charge on any atom is -0.479 e. The Morgan fingerprint density at radius 1 is 1.46 bits per heavy atom. The summed E-state index contributed by atoms with van der Waals surface area (Å²) in [5.74, 6) is 0.666. The van der Waals surface area contributed by atoms with Gasteiger partial charge in [0, 0.05) is 11.5 Å². The predicted octanol–water partition coefficient (Wildman–Crippen LogP) is 2.34. The fraction of sp³-hybridized carbons (Fsp3) is 0.222. The van der Waals surface area contributed by atoms with Crippen molar-refractivity contribution in [3.63, 3.8) is 0 Å². The van der Waals surface area contributed by atoms with Crippen molar-refractivity contribution in [2.24, 2.45) is 7.05 Å². The molecule has 0 atom stereocenters. The first-order valence-electron chi connectivity index (χ1n) is 3.89. The van der Waals surface area contributed by atoms with E-state index in [0.29, 0.717) is 5.88 Å². The maximum absolute atomic E-state index is 5.15. The number of hydrogen-bond donors (Lipinski definition) is 0. The number of methoxy groups -OCH3 is 1. The van der Waals surface area contributed by atoms with Gasteiger partial charge in [0.15, 0.2) is 0 Å². The molecule has 1 aromatic heterocycles. The van der Waals surface area contributed by atoms with Crippen LogP contribution >= 0.6 is 15.9 Å². The molecule has 4 heteroatoms. The van der Waals surface area contributed by atoms with Crippen LogP contribution in [0.15, 0.2) is 22.7 Å². The molecule has 2 rings (SSSR count). The lowest BCUT2D eigenvalue weighted by Crippen LogP contribution is -1.90. The summed E-state index contributed by atoms with van der Waals surface area (Å²) in [7, 11) is 3.53. The summed E-state index contributed by atoms with van der Waals surface area (Å²) in [6.07, 6.45) is 0. The fourth-order valence-corrected chi connectivity index (χ4v) is 2.03. The van der Waals surface area contributed by atoms with E-state index in [-0.39, 0.29) is 0 Å². The van der Waals surface area contributed by atoms with Crippen LogP contribution in [0, 0.1) is 0 Å². The van der Waals surface area contributed by atoms with Gasteiger partial charge in [0.05, 0.1) is 18.0 Å². The highest BCUT2D eigenvalue weighted by atomic mass is 79.9. The standard InChI is InChI=1S/C9H9BrN2O/c1-12-8-6(9(11-12)13-2)4-3-5-7(8)10/h3-5H,1-2H3. The molecule has 3 nitrogen and oxygen atoms in total. The third kappa shape index (κ3) is 1.21. The highest BCUT2D eigenvalue weighted by molar-refractivity contribution is 9.10. The number of ether oxygens (including phenoxy) is 1. The molecule has 0 saturated carbocycles. The summed E-state index contributed by atoms with van der Waals surface area (Å²) < 4.78 is 7.99. The van der Waals surface area contributed by atoms with Crippen LogP contribution in [0.5, 0.6) is 5.88 Å². The fourth-order valence-electron chi connectivity index (χ4n) is 1.41. The Morgan fingerprint density at radius 2 is 2.23 bits per heavy atom. The number of rotatable bonds is 1. The molecule has 0 aliphatic carbocycles. The number of halogens is 1. The smallest absolute Gasteiger partial charge is 0.240 e. The number of nitrogens with zero attached hydrogens (tertiary/aromatic N) is 2. The Morgan fingerprint density at radius 3 is 2.92 bits per heavy atom. The summed E-state index contributed by atoms with van der Waals surface area (Å²) in [5, 5.41) is 5.26. The lowest BCUT2D eigenvalue weighted by Gasteiger charge is -1.95. The Balaban J connectivity index is 2.87. The van der Waals surface area contributed by atoms with E-state index < -0.39 is 0 Å². The van der Waals surface area contributed by atoms with E-state index in [2.05, 4.69) is 21.0 Å². The molecule has 1 heterocycles. The van der Waals surface area contributed by atoms with Gasteiger partial charge in [-0.2, -0.15) is 0 Å². The largest absolute Gasteiger partial charge is 0.479 e. The van der Waals surface area contributed by atoms with Crippen LogP contribution in [0.4, 0.5) is 0 Å². The van der Waals surface area contributed by atoms with Crippen molar-refractivity contribution in [1.82, 2.24) is 9.78 Å². The minimum atomic E-state index is 0.666. The van der Waals surface area contributed by atoms with Crippen molar-refractivity contribution in [1.29, 1.82) is 0 Å². The molecule has 13 heavy (non-hydrogen) atoms. The van der Waals surface area contributed by atoms with Gasteiger partial charge >= 0.3 is 0 Å². The van der Waals surface area contributed by atoms with Gasteiger partial charge in [-0.05, 0) is 28.1 Å². The number of fused-ring (bicyclic) bond motifs is 1. The van der Waals surface area contributed by atoms with Gasteiger partial charge in [0.1, 0.15) is 0 Å². The zero-order chi connectivity index (χ0) is 9.42. The Kier molecular flexibility index (Phi) is 2.00. The van der Waals surface area contributed by atoms with Gasteiger partial charge < -0.3 is 4.74 Å². The van der Waals surface area contributed by atoms with Gasteiger partial charge in [-0.25, -0.2) is 0 Å². The van der Waals surface area contributed by atoms with Crippen molar-refractivity contribution in [2.75, 3.05) is 7.11 Å². The Labute approximate surface area is 84.4 Å². The lowest BCUT2D eigenvalue weighted by molar-refractivity contribution is 0.396. The first kappa shape index (κ1) is 8.56. The molecule has 0 unspecified atom stereocenters. The highest BCUT2D eigenvalue weighted by Gasteiger charge is 2.09. The van der Waals surface area contributed by atoms with E-state index in [9.17, 15) is 0 Å². The summed E-state index contributed by atoms with van der Waals surface area (Å²) >= 11 is 3.47. The summed E-state index contributed by atoms with van der Waals surface area (Å²) in [4.78, 5) is 0. The minimum absolute atomic E-state index is 0.666. The summed E-state index contributed by atoms with van der Waals surface area (Å²) in [6.45, 7) is 0. The van der Waals surface area contributed by atoms with Gasteiger partial charge in [-0.15, -0.1) is 5.10 Å². The predicted molar refractivity (Wildman–Crippen MR) is 55.0 cm³/mol. The SMILES string of the molecule is COc1nn(C)c2c(Br)cccc12. The molecule has 0 bridgehead atoms. The number of benzene rings is 1. The zero-order valence-electron chi connectivity index (χ0n) is 7.41. The first-order valence-corrected chi connectivity index (χ1v) is 4.68. The second-order valence-electron chi connectivity index (χ2n) is 2.77. The molecule has 68 valence electrons. The molecule has 0 amide bonds. The van der Waals surface area contributed by atoms with Crippen LogP contribution in [0.2, 0.25) is 0 Å². The maximum atomic E-state index is 5.15. The van der Waals surface area contributed by atoms with Crippen LogP contribution < -0.4 is 4.74 Å². The lowest BCUT2D eigenvalue weighted by atomic mass is 10.2. The van der Waals surface area contributed by atoms with Gasteiger partial charge in [-0.1, -0.05) is 6.07 Å². The normalized spacial score (nSPS) is 10.7. The third-order valence-corrected chi connectivity index (χ3v) is 2.61. The molecule has 0 aliphatic heterocycles. The zero-order valence-corrected chi connectivity index (χ0v) is 9.00. The maximum Gasteiger partial charge on any atom is 0.240 e. The van der Waals surface area contributed by atoms with Crippen LogP contribution in [0.25, 0.3) is 10.9 Å². The highest BCUT2D eigenvalue weighted by Crippen LogP contribution is 2.29. The van der Waals surface area contributed by atoms with Crippen molar-refractivity contribution < 1.29 is 4.74 Å². The monoisotopic (exact) mass is 240 g/mol. The van der Waals surface area contributed by atoms with Crippen LogP contribution in [0.3, 0.4) is 0 Å². The van der Waals surface area contributed by atoms with Gasteiger partial charge in [0.25, 0.3) is 0 Å². The van der Waals surface area contributed by atoms with Crippen LogP contribution in [0.1, 0.15) is 0 Å². The number of aryl methyl sites for hydroxylation is 1. The average Bonchev–Trinajstić information content (AvgIpc) is 2.44. The molecule has 0 aliphatic rings. The van der Waals surface area contributed by atoms with E-state index in [4.69, 9.17) is 4.74 Å². The first-order chi connectivity index (χ1) is 6.24. The van der Waals surface area contributed by atoms with Crippen LogP contribution in [-0.4, -0.2) is 16.9 Å². The number of para-hydroxylation sites is 1. The topological polar surface area (TPSA) is 27.1 Å². The molecule has 0 fully saturated rings. The molecule has 0 saturated heterocycles. The van der Waals surface area contributed by atoms with Crippen molar-refractivity contribution >= 4 is 26.8 Å². The van der Waals surface area contributed by atoms with E-state index in [1.807, 2.05) is 25.2 Å². The van der Waals surface area contributed by atoms with E-state index in [0.717, 1.165) is 15.4 Å². The summed E-state index contributed by atoms with van der Waals surface area (Å²) in [5.41, 5.74) is 1.05. The Hall–Kier alpha value is -1.03. The second-order valence-corrected chi connectivity index (χ2v) is 3.62. The third-order valence-electron chi connectivity index (χ3n) is 1.97. The van der Waals surface area contributed by atoms with Gasteiger partial charge in [-0.3, -0.25) is 4.68 Å². The van der Waals surface area contributed by atoms with E-state index in [1.165, 1.54) is 0 Å². The van der Waals surface area contributed by atoms with Gasteiger partial charge in [0.2, 0.25) is 5.88 Å². The molecule has 0 N–H and O–H groups in total. The van der Waals surface area contributed by atoms with E-state index >= 15 is 0 Å². The van der Waals surface area contributed by atoms with Crippen molar-refractivity contribution in [2.45, 2.75) is 0 Å².